The van der Waals surface area contributed by atoms with Crippen LogP contribution in [0.2, 0.25) is 0 Å². The molecule has 176 valence electrons. The number of sulfonamides is 1. The number of urea groups is 1. The summed E-state index contributed by atoms with van der Waals surface area (Å²) in [5.74, 6) is -0.391. The summed E-state index contributed by atoms with van der Waals surface area (Å²) in [5, 5.41) is 6.29. The van der Waals surface area contributed by atoms with Crippen molar-refractivity contribution in [1.29, 1.82) is 0 Å². The first-order chi connectivity index (χ1) is 15.1. The Hall–Kier alpha value is -2.53. The Morgan fingerprint density at radius 1 is 1.16 bits per heavy atom. The van der Waals surface area contributed by atoms with E-state index in [1.54, 1.807) is 7.05 Å². The summed E-state index contributed by atoms with van der Waals surface area (Å²) in [4.78, 5) is 14.4. The highest BCUT2D eigenvalue weighted by atomic mass is 32.2. The summed E-state index contributed by atoms with van der Waals surface area (Å²) >= 11 is 0. The number of halogens is 2. The van der Waals surface area contributed by atoms with Gasteiger partial charge in [-0.2, -0.15) is 13.5 Å². The fraction of sp³-hybridized carbons (Fsp3) is 0.524. The molecule has 1 fully saturated rings. The number of anilines is 1. The lowest BCUT2D eigenvalue weighted by Crippen LogP contribution is -2.47. The maximum absolute atomic E-state index is 14.0. The van der Waals surface area contributed by atoms with E-state index in [9.17, 15) is 22.0 Å². The average Bonchev–Trinajstić information content (AvgIpc) is 3.05. The maximum Gasteiger partial charge on any atom is 0.333 e. The molecule has 0 radical (unpaired) electrons. The lowest BCUT2D eigenvalue weighted by atomic mass is 10.00. The van der Waals surface area contributed by atoms with Gasteiger partial charge >= 0.3 is 6.03 Å². The molecule has 1 aliphatic rings. The van der Waals surface area contributed by atoms with Crippen molar-refractivity contribution in [2.24, 2.45) is 7.05 Å². The second-order valence-electron chi connectivity index (χ2n) is 8.05. The number of amides is 2. The molecule has 1 aromatic heterocycles. The van der Waals surface area contributed by atoms with Gasteiger partial charge in [-0.15, -0.1) is 0 Å². The van der Waals surface area contributed by atoms with Gasteiger partial charge in [-0.25, -0.2) is 18.3 Å². The number of aryl methyl sites for hydroxylation is 3. The molecule has 2 amide bonds. The maximum atomic E-state index is 14.0. The molecule has 1 aliphatic heterocycles. The number of nitrogens with one attached hydrogen (secondary N) is 2. The fourth-order valence-electron chi connectivity index (χ4n) is 3.75. The highest BCUT2D eigenvalue weighted by molar-refractivity contribution is 7.90. The summed E-state index contributed by atoms with van der Waals surface area (Å²) in [6, 6.07) is 3.14. The second-order valence-corrected chi connectivity index (χ2v) is 9.68. The van der Waals surface area contributed by atoms with Crippen LogP contribution >= 0.6 is 0 Å². The van der Waals surface area contributed by atoms with Crippen molar-refractivity contribution in [3.8, 4) is 0 Å². The summed E-state index contributed by atoms with van der Waals surface area (Å²) in [6.07, 6.45) is 1.69. The van der Waals surface area contributed by atoms with E-state index in [4.69, 9.17) is 0 Å². The molecule has 0 unspecified atom stereocenters. The Morgan fingerprint density at radius 2 is 1.75 bits per heavy atom. The van der Waals surface area contributed by atoms with Gasteiger partial charge in [0.05, 0.1) is 5.69 Å². The molecule has 1 aromatic carbocycles. The Kier molecular flexibility index (Phi) is 7.50. The van der Waals surface area contributed by atoms with Gasteiger partial charge in [0, 0.05) is 38.4 Å². The third-order valence-electron chi connectivity index (χ3n) is 5.30. The summed E-state index contributed by atoms with van der Waals surface area (Å²) in [6.45, 7) is 4.83. The number of carbonyl (C=O) groups excluding carboxylic acids is 1. The molecule has 2 heterocycles. The van der Waals surface area contributed by atoms with E-state index in [2.05, 4.69) is 10.4 Å². The molecule has 8 nitrogen and oxygen atoms in total. The lowest BCUT2D eigenvalue weighted by Gasteiger charge is -2.33. The van der Waals surface area contributed by atoms with Gasteiger partial charge in [-0.05, 0) is 36.1 Å². The van der Waals surface area contributed by atoms with Crippen LogP contribution in [0.3, 0.4) is 0 Å². The van der Waals surface area contributed by atoms with E-state index in [-0.39, 0.29) is 5.03 Å². The van der Waals surface area contributed by atoms with Crippen molar-refractivity contribution in [2.45, 2.75) is 57.3 Å². The first kappa shape index (κ1) is 24.1. The van der Waals surface area contributed by atoms with Crippen LogP contribution in [0.25, 0.3) is 0 Å². The van der Waals surface area contributed by atoms with Crippen LogP contribution in [0.1, 0.15) is 43.5 Å². The van der Waals surface area contributed by atoms with E-state index in [1.165, 1.54) is 22.9 Å². The predicted octanol–water partition coefficient (Wildman–Crippen LogP) is 3.13. The van der Waals surface area contributed by atoms with E-state index >= 15 is 0 Å². The van der Waals surface area contributed by atoms with Crippen LogP contribution in [-0.2, 0) is 36.5 Å². The van der Waals surface area contributed by atoms with Crippen LogP contribution in [0.4, 0.5) is 19.3 Å². The van der Waals surface area contributed by atoms with Crippen LogP contribution in [-0.4, -0.2) is 48.4 Å². The van der Waals surface area contributed by atoms with Gasteiger partial charge in [-0.3, -0.25) is 9.58 Å². The molecule has 3 rings (SSSR count). The Bertz CT molecular complexity index is 1050. The Balaban J connectivity index is 1.76. The topological polar surface area (TPSA) is 96.3 Å². The molecule has 0 bridgehead atoms. The zero-order valence-corrected chi connectivity index (χ0v) is 19.3. The van der Waals surface area contributed by atoms with E-state index in [0.717, 1.165) is 12.8 Å². The first-order valence-corrected chi connectivity index (χ1v) is 12.2. The Morgan fingerprint density at radius 3 is 2.28 bits per heavy atom. The number of carbonyl (C=O) groups is 1. The number of nitrogens with zero attached hydrogens (tertiary/aromatic N) is 3. The molecule has 0 spiro atoms. The third-order valence-corrected chi connectivity index (χ3v) is 6.50. The van der Waals surface area contributed by atoms with Gasteiger partial charge in [-0.1, -0.05) is 26.7 Å². The number of aromatic nitrogens is 2. The minimum Gasteiger partial charge on any atom is -0.307 e. The normalized spacial score (nSPS) is 14.9. The van der Waals surface area contributed by atoms with Crippen LogP contribution in [0.5, 0.6) is 0 Å². The smallest absolute Gasteiger partial charge is 0.307 e. The quantitative estimate of drug-likeness (QED) is 0.588. The van der Waals surface area contributed by atoms with E-state index < -0.39 is 28.0 Å². The monoisotopic (exact) mass is 469 g/mol. The van der Waals surface area contributed by atoms with Crippen molar-refractivity contribution >= 4 is 21.7 Å². The molecule has 0 aliphatic carbocycles. The number of rotatable bonds is 9. The number of benzene rings is 1. The molecule has 2 N–H and O–H groups in total. The zero-order chi connectivity index (χ0) is 23.5. The van der Waals surface area contributed by atoms with Crippen LogP contribution in [0.15, 0.2) is 23.2 Å². The summed E-state index contributed by atoms with van der Waals surface area (Å²) in [5.41, 5.74) is 2.25. The van der Waals surface area contributed by atoms with Gasteiger partial charge in [0.1, 0.15) is 12.0 Å². The minimum atomic E-state index is -4.24. The van der Waals surface area contributed by atoms with Crippen LogP contribution in [0, 0.1) is 5.82 Å². The SMILES string of the molecule is CCCc1cc(F)cc(CCC)c1NC(=O)NS(=O)(=O)c1cc(CN2CC(F)C2)n(C)n1. The van der Waals surface area contributed by atoms with Crippen molar-refractivity contribution < 1.29 is 22.0 Å². The highest BCUT2D eigenvalue weighted by Crippen LogP contribution is 2.26. The standard InChI is InChI=1S/C21H29F2N5O3S/c1-4-6-14-8-16(22)9-15(7-5-2)20(14)24-21(29)26-32(30,31)19-10-18(27(3)25-19)13-28-11-17(23)12-28/h8-10,17H,4-7,11-13H2,1-3H3,(H2,24,26,29). The molecular formula is C21H29F2N5O3S. The van der Waals surface area contributed by atoms with Crippen molar-refractivity contribution in [3.05, 3.63) is 40.8 Å². The van der Waals surface area contributed by atoms with Gasteiger partial charge in [0.25, 0.3) is 10.0 Å². The van der Waals surface area contributed by atoms with E-state index in [1.807, 2.05) is 23.5 Å². The highest BCUT2D eigenvalue weighted by Gasteiger charge is 2.28. The molecule has 11 heteroatoms. The number of alkyl halides is 1. The number of likely N-dealkylation sites (tertiary alicyclic amines) is 1. The molecule has 0 saturated carbocycles. The first-order valence-electron chi connectivity index (χ1n) is 10.7. The number of hydrogen-bond acceptors (Lipinski definition) is 5. The average molecular weight is 470 g/mol. The van der Waals surface area contributed by atoms with Crippen molar-refractivity contribution in [1.82, 2.24) is 19.4 Å². The largest absolute Gasteiger partial charge is 0.333 e. The molecule has 1 saturated heterocycles. The zero-order valence-electron chi connectivity index (χ0n) is 18.5. The third kappa shape index (κ3) is 5.63. The Labute approximate surface area is 187 Å². The van der Waals surface area contributed by atoms with Crippen LogP contribution < -0.4 is 10.0 Å². The molecule has 0 atom stereocenters. The van der Waals surface area contributed by atoms with Crippen molar-refractivity contribution in [3.63, 3.8) is 0 Å². The van der Waals surface area contributed by atoms with Gasteiger partial charge in [0.15, 0.2) is 5.03 Å². The second kappa shape index (κ2) is 9.95. The van der Waals surface area contributed by atoms with Crippen molar-refractivity contribution in [2.75, 3.05) is 18.4 Å². The predicted molar refractivity (Wildman–Crippen MR) is 117 cm³/mol. The van der Waals surface area contributed by atoms with E-state index in [0.29, 0.717) is 55.0 Å². The molecular weight excluding hydrogens is 440 g/mol. The van der Waals surface area contributed by atoms with Gasteiger partial charge in [0.2, 0.25) is 0 Å². The molecule has 32 heavy (non-hydrogen) atoms. The molecule has 2 aromatic rings. The fourth-order valence-corrected chi connectivity index (χ4v) is 4.67. The lowest BCUT2D eigenvalue weighted by molar-refractivity contribution is 0.0570. The summed E-state index contributed by atoms with van der Waals surface area (Å²) in [7, 11) is -2.64. The van der Waals surface area contributed by atoms with Gasteiger partial charge < -0.3 is 5.32 Å². The minimum absolute atomic E-state index is 0.297. The summed E-state index contributed by atoms with van der Waals surface area (Å²) < 4.78 is 55.8. The number of hydrogen-bond donors (Lipinski definition) is 2.